The molecular weight excluding hydrogens is 235 g/mol. The highest BCUT2D eigenvalue weighted by Crippen LogP contribution is 2.19. The van der Waals surface area contributed by atoms with Crippen LogP contribution < -0.4 is 5.32 Å². The molecule has 0 bridgehead atoms. The molecule has 0 radical (unpaired) electrons. The molecule has 0 unspecified atom stereocenters. The van der Waals surface area contributed by atoms with Gasteiger partial charge in [0, 0.05) is 0 Å². The number of benzene rings is 1. The van der Waals surface area contributed by atoms with Crippen LogP contribution in [0.25, 0.3) is 0 Å². The zero-order valence-electron chi connectivity index (χ0n) is 9.64. The normalized spacial score (nSPS) is 10.1. The Morgan fingerprint density at radius 2 is 2.11 bits per heavy atom. The van der Waals surface area contributed by atoms with Crippen LogP contribution in [0.15, 0.2) is 36.4 Å². The molecule has 2 N–H and O–H groups in total. The van der Waals surface area contributed by atoms with Crippen molar-refractivity contribution in [1.82, 2.24) is 4.98 Å². The lowest BCUT2D eigenvalue weighted by molar-refractivity contribution is 0.102. The first-order chi connectivity index (χ1) is 8.56. The number of halogens is 1. The molecule has 1 amide bonds. The molecule has 92 valence electrons. The minimum atomic E-state index is -0.680. The summed E-state index contributed by atoms with van der Waals surface area (Å²) >= 11 is 0. The van der Waals surface area contributed by atoms with Crippen molar-refractivity contribution >= 4 is 11.7 Å². The zero-order valence-corrected chi connectivity index (χ0v) is 9.64. The van der Waals surface area contributed by atoms with Crippen molar-refractivity contribution < 1.29 is 14.3 Å². The summed E-state index contributed by atoms with van der Waals surface area (Å²) in [5.74, 6) is -1.24. The summed E-state index contributed by atoms with van der Waals surface area (Å²) in [4.78, 5) is 15.3. The van der Waals surface area contributed by atoms with Crippen LogP contribution in [0.5, 0.6) is 5.75 Å². The number of hydrogen-bond acceptors (Lipinski definition) is 3. The molecule has 0 aliphatic heterocycles. The van der Waals surface area contributed by atoms with Gasteiger partial charge in [0.2, 0.25) is 5.95 Å². The second kappa shape index (κ2) is 4.83. The molecule has 1 aromatic carbocycles. The summed E-state index contributed by atoms with van der Waals surface area (Å²) in [5, 5.41) is 12.0. The van der Waals surface area contributed by atoms with Crippen LogP contribution in [0.2, 0.25) is 0 Å². The minimum Gasteiger partial charge on any atom is -0.507 e. The number of phenolic OH excluding ortho intramolecular Hbond substituents is 1. The first kappa shape index (κ1) is 12.0. The molecule has 5 heteroatoms. The van der Waals surface area contributed by atoms with Crippen molar-refractivity contribution in [3.63, 3.8) is 0 Å². The van der Waals surface area contributed by atoms with Gasteiger partial charge in [-0.1, -0.05) is 12.1 Å². The van der Waals surface area contributed by atoms with E-state index in [1.807, 2.05) is 0 Å². The molecule has 0 saturated carbocycles. The van der Waals surface area contributed by atoms with E-state index in [9.17, 15) is 14.3 Å². The van der Waals surface area contributed by atoms with E-state index in [0.717, 1.165) is 5.56 Å². The summed E-state index contributed by atoms with van der Waals surface area (Å²) in [6, 6.07) is 8.76. The highest BCUT2D eigenvalue weighted by Gasteiger charge is 2.11. The molecule has 0 aliphatic rings. The number of carbonyl (C=O) groups excluding carboxylic acids is 1. The topological polar surface area (TPSA) is 62.2 Å². The van der Waals surface area contributed by atoms with E-state index in [4.69, 9.17) is 0 Å². The molecular formula is C13H11FN2O2. The smallest absolute Gasteiger partial charge is 0.260 e. The van der Waals surface area contributed by atoms with Gasteiger partial charge in [-0.2, -0.15) is 4.39 Å². The van der Waals surface area contributed by atoms with E-state index in [0.29, 0.717) is 0 Å². The van der Waals surface area contributed by atoms with Crippen molar-refractivity contribution in [2.24, 2.45) is 0 Å². The molecule has 4 nitrogen and oxygen atoms in total. The summed E-state index contributed by atoms with van der Waals surface area (Å²) < 4.78 is 12.8. The number of amides is 1. The molecule has 0 saturated heterocycles. The van der Waals surface area contributed by atoms with Crippen LogP contribution in [0, 0.1) is 12.9 Å². The van der Waals surface area contributed by atoms with Crippen LogP contribution in [-0.2, 0) is 0 Å². The predicted molar refractivity (Wildman–Crippen MR) is 65.0 cm³/mol. The zero-order chi connectivity index (χ0) is 13.1. The fourth-order valence-electron chi connectivity index (χ4n) is 1.50. The minimum absolute atomic E-state index is 0.0972. The third-order valence-corrected chi connectivity index (χ3v) is 2.35. The van der Waals surface area contributed by atoms with Crippen LogP contribution >= 0.6 is 0 Å². The number of phenols is 1. The Morgan fingerprint density at radius 3 is 2.78 bits per heavy atom. The van der Waals surface area contributed by atoms with Gasteiger partial charge in [-0.05, 0) is 36.8 Å². The highest BCUT2D eigenvalue weighted by molar-refractivity contribution is 6.05. The molecule has 18 heavy (non-hydrogen) atoms. The molecule has 0 aliphatic carbocycles. The van der Waals surface area contributed by atoms with Gasteiger partial charge in [-0.3, -0.25) is 4.79 Å². The summed E-state index contributed by atoms with van der Waals surface area (Å²) in [7, 11) is 0. The third kappa shape index (κ3) is 2.63. The Morgan fingerprint density at radius 1 is 1.33 bits per heavy atom. The summed E-state index contributed by atoms with van der Waals surface area (Å²) in [6.45, 7) is 1.80. The van der Waals surface area contributed by atoms with E-state index in [1.165, 1.54) is 30.3 Å². The molecule has 0 atom stereocenters. The van der Waals surface area contributed by atoms with Gasteiger partial charge in [-0.25, -0.2) is 4.98 Å². The number of nitrogens with zero attached hydrogens (tertiary/aromatic N) is 1. The second-order valence-corrected chi connectivity index (χ2v) is 3.82. The summed E-state index contributed by atoms with van der Waals surface area (Å²) in [5.41, 5.74) is 0.958. The molecule has 0 fully saturated rings. The number of anilines is 1. The van der Waals surface area contributed by atoms with Gasteiger partial charge in [0.1, 0.15) is 11.6 Å². The van der Waals surface area contributed by atoms with Gasteiger partial charge in [0.15, 0.2) is 0 Å². The van der Waals surface area contributed by atoms with Gasteiger partial charge in [0.05, 0.1) is 5.56 Å². The fraction of sp³-hybridized carbons (Fsp3) is 0.0769. The lowest BCUT2D eigenvalue weighted by Crippen LogP contribution is -2.13. The number of aromatic nitrogens is 1. The van der Waals surface area contributed by atoms with Gasteiger partial charge in [-0.15, -0.1) is 0 Å². The molecule has 1 heterocycles. The first-order valence-corrected chi connectivity index (χ1v) is 5.30. The first-order valence-electron chi connectivity index (χ1n) is 5.30. The van der Waals surface area contributed by atoms with Crippen LogP contribution in [0.4, 0.5) is 10.2 Å². The molecule has 0 spiro atoms. The molecule has 2 aromatic rings. The van der Waals surface area contributed by atoms with Crippen LogP contribution in [0.3, 0.4) is 0 Å². The van der Waals surface area contributed by atoms with Gasteiger partial charge >= 0.3 is 0 Å². The highest BCUT2D eigenvalue weighted by atomic mass is 19.1. The average molecular weight is 246 g/mol. The Hall–Kier alpha value is -2.43. The van der Waals surface area contributed by atoms with E-state index >= 15 is 0 Å². The lowest BCUT2D eigenvalue weighted by Gasteiger charge is -2.06. The predicted octanol–water partition coefficient (Wildman–Crippen LogP) is 2.49. The van der Waals surface area contributed by atoms with Crippen LogP contribution in [-0.4, -0.2) is 16.0 Å². The summed E-state index contributed by atoms with van der Waals surface area (Å²) in [6.07, 6.45) is 0. The number of aromatic hydroxyl groups is 1. The number of aryl methyl sites for hydroxylation is 1. The average Bonchev–Trinajstić information content (AvgIpc) is 2.28. The Kier molecular flexibility index (Phi) is 3.23. The lowest BCUT2D eigenvalue weighted by atomic mass is 10.1. The Labute approximate surface area is 103 Å². The number of nitrogens with one attached hydrogen (secondary N) is 1. The van der Waals surface area contributed by atoms with Crippen molar-refractivity contribution in [3.05, 3.63) is 53.5 Å². The molecule has 2 rings (SSSR count). The van der Waals surface area contributed by atoms with Crippen molar-refractivity contribution in [2.45, 2.75) is 6.92 Å². The van der Waals surface area contributed by atoms with Gasteiger partial charge < -0.3 is 10.4 Å². The van der Waals surface area contributed by atoms with E-state index < -0.39 is 11.9 Å². The number of rotatable bonds is 2. The van der Waals surface area contributed by atoms with E-state index in [-0.39, 0.29) is 17.1 Å². The van der Waals surface area contributed by atoms with Crippen molar-refractivity contribution in [1.29, 1.82) is 0 Å². The van der Waals surface area contributed by atoms with Crippen LogP contribution in [0.1, 0.15) is 15.9 Å². The number of pyridine rings is 1. The van der Waals surface area contributed by atoms with Crippen molar-refractivity contribution in [2.75, 3.05) is 5.32 Å². The Balaban J connectivity index is 2.22. The van der Waals surface area contributed by atoms with E-state index in [1.54, 1.807) is 13.0 Å². The largest absolute Gasteiger partial charge is 0.507 e. The SMILES string of the molecule is Cc1ccc(C(=O)Nc2cccc(F)n2)c(O)c1. The Bertz CT molecular complexity index is 599. The fourth-order valence-corrected chi connectivity index (χ4v) is 1.50. The monoisotopic (exact) mass is 246 g/mol. The van der Waals surface area contributed by atoms with Gasteiger partial charge in [0.25, 0.3) is 5.91 Å². The maximum atomic E-state index is 12.8. The second-order valence-electron chi connectivity index (χ2n) is 3.82. The third-order valence-electron chi connectivity index (χ3n) is 2.35. The van der Waals surface area contributed by atoms with E-state index in [2.05, 4.69) is 10.3 Å². The maximum Gasteiger partial charge on any atom is 0.260 e. The maximum absolute atomic E-state index is 12.8. The number of carbonyl (C=O) groups is 1. The van der Waals surface area contributed by atoms with Crippen molar-refractivity contribution in [3.8, 4) is 5.75 Å². The standard InChI is InChI=1S/C13H11FN2O2/c1-8-5-6-9(10(17)7-8)13(18)16-12-4-2-3-11(14)15-12/h2-7,17H,1H3,(H,15,16,18). The quantitative estimate of drug-likeness (QED) is 0.800. The number of hydrogen-bond donors (Lipinski definition) is 2. The molecule has 1 aromatic heterocycles.